The van der Waals surface area contributed by atoms with Crippen molar-refractivity contribution in [2.24, 2.45) is 5.41 Å². The molecule has 0 spiro atoms. The largest absolute Gasteiger partial charge is 0.374 e. The molecule has 0 unspecified atom stereocenters. The Morgan fingerprint density at radius 2 is 1.75 bits per heavy atom. The van der Waals surface area contributed by atoms with Gasteiger partial charge in [-0.25, -0.2) is 0 Å². The fraction of sp³-hybridized carbons (Fsp3) is 0.500. The highest BCUT2D eigenvalue weighted by Gasteiger charge is 2.44. The third kappa shape index (κ3) is 3.96. The second-order valence-electron chi connectivity index (χ2n) is 5.84. The fourth-order valence-corrected chi connectivity index (χ4v) is 3.48. The zero-order valence-corrected chi connectivity index (χ0v) is 13.7. The molecule has 1 rings (SSSR count). The second-order valence-corrected chi connectivity index (χ2v) is 8.30. The third-order valence-electron chi connectivity index (χ3n) is 2.78. The maximum Gasteiger partial charge on any atom is 0.308 e. The van der Waals surface area contributed by atoms with Crippen LogP contribution in [0.5, 0.6) is 0 Å². The molecule has 0 fully saturated rings. The third-order valence-corrected chi connectivity index (χ3v) is 5.22. The average Bonchev–Trinajstić information content (AvgIpc) is 2.37. The molecule has 0 saturated heterocycles. The molecular formula is C16H23O3P. The summed E-state index contributed by atoms with van der Waals surface area (Å²) in [6, 6.07) is 8.87. The van der Waals surface area contributed by atoms with Crippen LogP contribution in [-0.2, 0) is 14.4 Å². The van der Waals surface area contributed by atoms with Crippen molar-refractivity contribution in [1.29, 1.82) is 0 Å². The number of aliphatic hydroxyl groups is 1. The van der Waals surface area contributed by atoms with Crippen molar-refractivity contribution in [2.75, 3.05) is 6.61 Å². The van der Waals surface area contributed by atoms with Gasteiger partial charge in [-0.2, -0.15) is 0 Å². The monoisotopic (exact) mass is 294 g/mol. The molecule has 1 aromatic rings. The van der Waals surface area contributed by atoms with Crippen LogP contribution >= 0.6 is 7.37 Å². The lowest BCUT2D eigenvalue weighted by molar-refractivity contribution is 0.122. The summed E-state index contributed by atoms with van der Waals surface area (Å²) >= 11 is 0. The first-order chi connectivity index (χ1) is 9.12. The molecule has 0 radical (unpaired) electrons. The number of hydrogen-bond donors (Lipinski definition) is 1. The van der Waals surface area contributed by atoms with E-state index in [-0.39, 0.29) is 12.0 Å². The van der Waals surface area contributed by atoms with Gasteiger partial charge in [0, 0.05) is 5.41 Å². The van der Waals surface area contributed by atoms with Gasteiger partial charge in [-0.05, 0) is 45.8 Å². The van der Waals surface area contributed by atoms with Crippen LogP contribution in [0.2, 0.25) is 0 Å². The van der Waals surface area contributed by atoms with Gasteiger partial charge in [0.25, 0.3) is 0 Å². The second kappa shape index (κ2) is 6.14. The summed E-state index contributed by atoms with van der Waals surface area (Å²) in [7, 11) is -3.55. The van der Waals surface area contributed by atoms with E-state index in [1.807, 2.05) is 26.8 Å². The van der Waals surface area contributed by atoms with Crippen molar-refractivity contribution in [2.45, 2.75) is 40.0 Å². The van der Waals surface area contributed by atoms with Gasteiger partial charge >= 0.3 is 7.37 Å². The highest BCUT2D eigenvalue weighted by atomic mass is 31.2. The van der Waals surface area contributed by atoms with Crippen molar-refractivity contribution >= 4 is 7.37 Å². The first-order valence-corrected chi connectivity index (χ1v) is 8.32. The van der Waals surface area contributed by atoms with Gasteiger partial charge in [0.1, 0.15) is 0 Å². The van der Waals surface area contributed by atoms with E-state index < -0.39 is 12.7 Å². The molecule has 2 atom stereocenters. The van der Waals surface area contributed by atoms with Gasteiger partial charge in [0.15, 0.2) is 5.34 Å². The van der Waals surface area contributed by atoms with Gasteiger partial charge in [-0.1, -0.05) is 36.3 Å². The van der Waals surface area contributed by atoms with Gasteiger partial charge in [-0.3, -0.25) is 4.57 Å². The summed E-state index contributed by atoms with van der Waals surface area (Å²) in [5, 5.41) is 9.12. The Morgan fingerprint density at radius 1 is 1.20 bits per heavy atom. The van der Waals surface area contributed by atoms with E-state index >= 15 is 0 Å². The zero-order valence-electron chi connectivity index (χ0n) is 12.8. The maximum absolute atomic E-state index is 13.0. The van der Waals surface area contributed by atoms with Crippen LogP contribution in [0.1, 0.15) is 40.2 Å². The van der Waals surface area contributed by atoms with E-state index in [1.165, 1.54) is 6.92 Å². The summed E-state index contributed by atoms with van der Waals surface area (Å²) in [5.74, 6) is 2.93. The van der Waals surface area contributed by atoms with E-state index in [0.29, 0.717) is 5.56 Å². The Bertz CT molecular complexity index is 545. The Kier molecular flexibility index (Phi) is 5.21. The van der Waals surface area contributed by atoms with Crippen LogP contribution in [-0.4, -0.2) is 11.7 Å². The van der Waals surface area contributed by atoms with Gasteiger partial charge in [0.05, 0.1) is 6.61 Å². The van der Waals surface area contributed by atoms with Crippen molar-refractivity contribution in [3.8, 4) is 11.6 Å². The Labute approximate surface area is 121 Å². The minimum absolute atomic E-state index is 0.235. The molecule has 3 nitrogen and oxygen atoms in total. The highest BCUT2D eigenvalue weighted by molar-refractivity contribution is 7.65. The van der Waals surface area contributed by atoms with E-state index in [2.05, 4.69) is 11.6 Å². The molecule has 0 aliphatic carbocycles. The predicted molar refractivity (Wildman–Crippen MR) is 82.5 cm³/mol. The summed E-state index contributed by atoms with van der Waals surface area (Å²) in [6.07, 6.45) is 0. The summed E-state index contributed by atoms with van der Waals surface area (Å²) < 4.78 is 18.4. The van der Waals surface area contributed by atoms with Crippen LogP contribution < -0.4 is 0 Å². The molecule has 1 N–H and O–H groups in total. The molecule has 0 saturated carbocycles. The predicted octanol–water partition coefficient (Wildman–Crippen LogP) is 4.17. The molecule has 0 aliphatic heterocycles. The maximum atomic E-state index is 13.0. The molecule has 0 bridgehead atoms. The molecule has 0 amide bonds. The molecular weight excluding hydrogens is 271 g/mol. The van der Waals surface area contributed by atoms with Gasteiger partial charge in [-0.15, -0.1) is 0 Å². The fourth-order valence-electron chi connectivity index (χ4n) is 1.61. The van der Waals surface area contributed by atoms with E-state index in [0.717, 1.165) is 0 Å². The van der Waals surface area contributed by atoms with Crippen LogP contribution in [0, 0.1) is 17.0 Å². The highest BCUT2D eigenvalue weighted by Crippen LogP contribution is 2.61. The Hall–Kier alpha value is -1.07. The first-order valence-electron chi connectivity index (χ1n) is 6.69. The smallest absolute Gasteiger partial charge is 0.308 e. The molecule has 4 heteroatoms. The molecule has 0 aliphatic rings. The van der Waals surface area contributed by atoms with Crippen molar-refractivity contribution < 1.29 is 14.2 Å². The topological polar surface area (TPSA) is 46.5 Å². The van der Waals surface area contributed by atoms with Gasteiger partial charge < -0.3 is 9.63 Å². The van der Waals surface area contributed by atoms with Crippen LogP contribution in [0.3, 0.4) is 0 Å². The lowest BCUT2D eigenvalue weighted by Crippen LogP contribution is -2.22. The van der Waals surface area contributed by atoms with Gasteiger partial charge in [0.2, 0.25) is 0 Å². The summed E-state index contributed by atoms with van der Waals surface area (Å²) in [5.41, 5.74) is 2.94. The SMILES string of the molecule is CCO[P@](=O)(C#CC(C)(C)C)[C@](C)(O)c1ccccc1. The summed E-state index contributed by atoms with van der Waals surface area (Å²) in [4.78, 5) is 0. The van der Waals surface area contributed by atoms with E-state index in [4.69, 9.17) is 4.52 Å². The van der Waals surface area contributed by atoms with Crippen molar-refractivity contribution in [3.63, 3.8) is 0 Å². The minimum atomic E-state index is -3.55. The molecule has 0 heterocycles. The number of rotatable bonds is 4. The lowest BCUT2D eigenvalue weighted by atomic mass is 9.99. The minimum Gasteiger partial charge on any atom is -0.374 e. The van der Waals surface area contributed by atoms with Crippen LogP contribution in [0.4, 0.5) is 0 Å². The normalized spacial score (nSPS) is 17.5. The van der Waals surface area contributed by atoms with Crippen molar-refractivity contribution in [1.82, 2.24) is 0 Å². The van der Waals surface area contributed by atoms with E-state index in [1.54, 1.807) is 31.2 Å². The molecule has 1 aromatic carbocycles. The Balaban J connectivity index is 3.31. The Morgan fingerprint density at radius 3 is 2.20 bits per heavy atom. The molecule has 20 heavy (non-hydrogen) atoms. The van der Waals surface area contributed by atoms with Crippen LogP contribution in [0.15, 0.2) is 30.3 Å². The quantitative estimate of drug-likeness (QED) is 0.669. The summed E-state index contributed by atoms with van der Waals surface area (Å²) in [6.45, 7) is 9.25. The number of hydrogen-bond acceptors (Lipinski definition) is 3. The number of benzene rings is 1. The lowest BCUT2D eigenvalue weighted by Gasteiger charge is -2.29. The molecule has 0 aromatic heterocycles. The first kappa shape index (κ1) is 17.0. The molecule has 110 valence electrons. The van der Waals surface area contributed by atoms with E-state index in [9.17, 15) is 9.67 Å². The average molecular weight is 294 g/mol. The zero-order chi connectivity index (χ0) is 15.4. The standard InChI is InChI=1S/C16H23O3P/c1-6-19-20(18,13-12-15(2,3)4)16(5,17)14-10-8-7-9-11-14/h7-11,17H,6H2,1-5H3/t16-,20+/m0/s1. The van der Waals surface area contributed by atoms with Crippen molar-refractivity contribution in [3.05, 3.63) is 35.9 Å². The van der Waals surface area contributed by atoms with Crippen LogP contribution in [0.25, 0.3) is 0 Å².